The molecular formula is C26H28N2O4. The van der Waals surface area contributed by atoms with Crippen molar-refractivity contribution in [1.82, 2.24) is 9.47 Å². The molecular weight excluding hydrogens is 404 g/mol. The van der Waals surface area contributed by atoms with E-state index < -0.39 is 17.7 Å². The lowest BCUT2D eigenvalue weighted by molar-refractivity contribution is -0.140. The predicted octanol–water partition coefficient (Wildman–Crippen LogP) is 4.25. The summed E-state index contributed by atoms with van der Waals surface area (Å²) in [5, 5.41) is 12.2. The number of benzene rings is 2. The molecule has 2 heterocycles. The van der Waals surface area contributed by atoms with Crippen LogP contribution in [0.3, 0.4) is 0 Å². The van der Waals surface area contributed by atoms with Gasteiger partial charge in [-0.25, -0.2) is 0 Å². The number of hydrogen-bond donors (Lipinski definition) is 1. The third-order valence-electron chi connectivity index (χ3n) is 6.29. The van der Waals surface area contributed by atoms with E-state index in [-0.39, 0.29) is 11.3 Å². The molecule has 6 nitrogen and oxygen atoms in total. The first-order chi connectivity index (χ1) is 15.3. The van der Waals surface area contributed by atoms with Crippen LogP contribution in [0.2, 0.25) is 0 Å². The second-order valence-corrected chi connectivity index (χ2v) is 8.35. The summed E-state index contributed by atoms with van der Waals surface area (Å²) < 4.78 is 7.14. The SMILES string of the molecule is COCCCN1C(=O)C(=O)/C(=C(/O)c2ccc(C)c(C)c2)C1c1cn(C)c2ccccc12. The van der Waals surface area contributed by atoms with Gasteiger partial charge in [-0.3, -0.25) is 9.59 Å². The molecule has 0 aliphatic carbocycles. The topological polar surface area (TPSA) is 71.8 Å². The van der Waals surface area contributed by atoms with E-state index in [0.29, 0.717) is 25.1 Å². The number of amides is 1. The van der Waals surface area contributed by atoms with Gasteiger partial charge in [-0.05, 0) is 43.5 Å². The summed E-state index contributed by atoms with van der Waals surface area (Å²) in [7, 11) is 3.54. The minimum absolute atomic E-state index is 0.132. The van der Waals surface area contributed by atoms with E-state index in [1.807, 2.05) is 68.1 Å². The number of aliphatic hydroxyl groups excluding tert-OH is 1. The van der Waals surface area contributed by atoms with Gasteiger partial charge < -0.3 is 19.3 Å². The van der Waals surface area contributed by atoms with Crippen LogP contribution in [0.1, 0.15) is 34.7 Å². The predicted molar refractivity (Wildman–Crippen MR) is 124 cm³/mol. The van der Waals surface area contributed by atoms with Crippen LogP contribution >= 0.6 is 0 Å². The van der Waals surface area contributed by atoms with Crippen molar-refractivity contribution in [2.45, 2.75) is 26.3 Å². The maximum Gasteiger partial charge on any atom is 0.295 e. The summed E-state index contributed by atoms with van der Waals surface area (Å²) in [5.41, 5.74) is 4.58. The van der Waals surface area contributed by atoms with Gasteiger partial charge in [-0.1, -0.05) is 30.3 Å². The molecule has 0 saturated carbocycles. The largest absolute Gasteiger partial charge is 0.507 e. The number of ketones is 1. The smallest absolute Gasteiger partial charge is 0.295 e. The van der Waals surface area contributed by atoms with E-state index in [0.717, 1.165) is 27.6 Å². The van der Waals surface area contributed by atoms with Gasteiger partial charge in [0.15, 0.2) is 0 Å². The number of rotatable bonds is 6. The highest BCUT2D eigenvalue weighted by molar-refractivity contribution is 6.46. The first kappa shape index (κ1) is 21.8. The number of hydrogen-bond acceptors (Lipinski definition) is 4. The van der Waals surface area contributed by atoms with Crippen LogP contribution in [0.25, 0.3) is 16.7 Å². The molecule has 1 aliphatic heterocycles. The van der Waals surface area contributed by atoms with Crippen molar-refractivity contribution in [1.29, 1.82) is 0 Å². The summed E-state index contributed by atoms with van der Waals surface area (Å²) in [6.45, 7) is 4.78. The zero-order valence-electron chi connectivity index (χ0n) is 18.9. The fourth-order valence-corrected chi connectivity index (χ4v) is 4.45. The van der Waals surface area contributed by atoms with Gasteiger partial charge in [-0.15, -0.1) is 0 Å². The third-order valence-corrected chi connectivity index (χ3v) is 6.29. The zero-order chi connectivity index (χ0) is 23.0. The summed E-state index contributed by atoms with van der Waals surface area (Å²) in [4.78, 5) is 27.8. The maximum atomic E-state index is 13.2. The van der Waals surface area contributed by atoms with Crippen molar-refractivity contribution in [3.05, 3.63) is 76.5 Å². The molecule has 1 amide bonds. The number of fused-ring (bicyclic) bond motifs is 1. The first-order valence-corrected chi connectivity index (χ1v) is 10.7. The molecule has 1 saturated heterocycles. The Balaban J connectivity index is 1.93. The van der Waals surface area contributed by atoms with Crippen LogP contribution in [-0.2, 0) is 21.4 Å². The molecule has 0 bridgehead atoms. The molecule has 1 aromatic heterocycles. The number of Topliss-reactive ketones (excluding diaryl/α,β-unsaturated/α-hetero) is 1. The molecule has 1 fully saturated rings. The van der Waals surface area contributed by atoms with E-state index in [1.165, 1.54) is 0 Å². The third kappa shape index (κ3) is 3.60. The number of likely N-dealkylation sites (tertiary alicyclic amines) is 1. The number of ether oxygens (including phenoxy) is 1. The molecule has 166 valence electrons. The second kappa shape index (κ2) is 8.63. The van der Waals surface area contributed by atoms with Crippen LogP contribution in [-0.4, -0.2) is 46.5 Å². The molecule has 0 radical (unpaired) electrons. The van der Waals surface area contributed by atoms with Crippen molar-refractivity contribution in [2.75, 3.05) is 20.3 Å². The quantitative estimate of drug-likeness (QED) is 0.274. The Bertz CT molecular complexity index is 1240. The van der Waals surface area contributed by atoms with E-state index in [9.17, 15) is 14.7 Å². The first-order valence-electron chi connectivity index (χ1n) is 10.7. The average molecular weight is 433 g/mol. The monoisotopic (exact) mass is 432 g/mol. The number of carbonyl (C=O) groups is 2. The Morgan fingerprint density at radius 3 is 2.56 bits per heavy atom. The number of methoxy groups -OCH3 is 1. The zero-order valence-corrected chi connectivity index (χ0v) is 18.9. The van der Waals surface area contributed by atoms with Crippen molar-refractivity contribution < 1.29 is 19.4 Å². The summed E-state index contributed by atoms with van der Waals surface area (Å²) >= 11 is 0. The van der Waals surface area contributed by atoms with E-state index in [1.54, 1.807) is 18.1 Å². The summed E-state index contributed by atoms with van der Waals surface area (Å²) in [5.74, 6) is -1.39. The summed E-state index contributed by atoms with van der Waals surface area (Å²) in [6, 6.07) is 12.8. The number of carbonyl (C=O) groups excluding carboxylic acids is 2. The number of aromatic nitrogens is 1. The fourth-order valence-electron chi connectivity index (χ4n) is 4.45. The van der Waals surface area contributed by atoms with Crippen molar-refractivity contribution in [3.63, 3.8) is 0 Å². The number of aryl methyl sites for hydroxylation is 3. The molecule has 1 N–H and O–H groups in total. The van der Waals surface area contributed by atoms with Gasteiger partial charge in [-0.2, -0.15) is 0 Å². The Kier molecular flexibility index (Phi) is 5.89. The Morgan fingerprint density at radius 1 is 1.09 bits per heavy atom. The van der Waals surface area contributed by atoms with Gasteiger partial charge in [0.2, 0.25) is 0 Å². The Morgan fingerprint density at radius 2 is 1.84 bits per heavy atom. The molecule has 6 heteroatoms. The normalized spacial score (nSPS) is 18.1. The second-order valence-electron chi connectivity index (χ2n) is 8.35. The molecule has 0 spiro atoms. The highest BCUT2D eigenvalue weighted by atomic mass is 16.5. The summed E-state index contributed by atoms with van der Waals surface area (Å²) in [6.07, 6.45) is 2.53. The van der Waals surface area contributed by atoms with Crippen molar-refractivity contribution >= 4 is 28.4 Å². The lowest BCUT2D eigenvalue weighted by Crippen LogP contribution is -2.31. The number of nitrogens with zero attached hydrogens (tertiary/aromatic N) is 2. The molecule has 1 atom stereocenters. The Hall–Kier alpha value is -3.38. The molecule has 32 heavy (non-hydrogen) atoms. The Labute approximate surface area is 187 Å². The van der Waals surface area contributed by atoms with Gasteiger partial charge in [0.05, 0.1) is 11.6 Å². The lowest BCUT2D eigenvalue weighted by Gasteiger charge is -2.25. The molecule has 1 unspecified atom stereocenters. The van der Waals surface area contributed by atoms with Gasteiger partial charge >= 0.3 is 0 Å². The number of aliphatic hydroxyl groups is 1. The van der Waals surface area contributed by atoms with Gasteiger partial charge in [0.1, 0.15) is 5.76 Å². The molecule has 4 rings (SSSR count). The van der Waals surface area contributed by atoms with E-state index in [4.69, 9.17) is 4.74 Å². The van der Waals surface area contributed by atoms with Crippen LogP contribution in [0.5, 0.6) is 0 Å². The van der Waals surface area contributed by atoms with Crippen molar-refractivity contribution in [3.8, 4) is 0 Å². The number of para-hydroxylation sites is 1. The molecule has 3 aromatic rings. The van der Waals surface area contributed by atoms with Gasteiger partial charge in [0, 0.05) is 55.5 Å². The minimum atomic E-state index is -0.667. The molecule has 1 aliphatic rings. The fraction of sp³-hybridized carbons (Fsp3) is 0.308. The van der Waals surface area contributed by atoms with Crippen LogP contribution < -0.4 is 0 Å². The van der Waals surface area contributed by atoms with E-state index in [2.05, 4.69) is 0 Å². The molecule has 2 aromatic carbocycles. The van der Waals surface area contributed by atoms with Crippen molar-refractivity contribution in [2.24, 2.45) is 7.05 Å². The average Bonchev–Trinajstić information content (AvgIpc) is 3.24. The minimum Gasteiger partial charge on any atom is -0.507 e. The standard InChI is InChI=1S/C26H28N2O4/c1-16-10-11-18(14-17(16)2)24(29)22-23(28(12-7-13-32-4)26(31)25(22)30)20-15-27(3)21-9-6-5-8-19(20)21/h5-6,8-11,14-15,23,29H,7,12-13H2,1-4H3/b24-22+. The van der Waals surface area contributed by atoms with Crippen LogP contribution in [0.4, 0.5) is 0 Å². The highest BCUT2D eigenvalue weighted by Crippen LogP contribution is 2.42. The highest BCUT2D eigenvalue weighted by Gasteiger charge is 2.46. The maximum absolute atomic E-state index is 13.2. The van der Waals surface area contributed by atoms with E-state index >= 15 is 0 Å². The lowest BCUT2D eigenvalue weighted by atomic mass is 9.94. The van der Waals surface area contributed by atoms with Crippen LogP contribution in [0.15, 0.2) is 54.2 Å². The van der Waals surface area contributed by atoms with Gasteiger partial charge in [0.25, 0.3) is 11.7 Å². The van der Waals surface area contributed by atoms with Crippen LogP contribution in [0, 0.1) is 13.8 Å².